The van der Waals surface area contributed by atoms with Crippen LogP contribution in [0.4, 0.5) is 0 Å². The first-order valence-electron chi connectivity index (χ1n) is 6.88. The molecule has 2 aromatic rings. The van der Waals surface area contributed by atoms with Gasteiger partial charge in [0.2, 0.25) is 0 Å². The Labute approximate surface area is 134 Å². The van der Waals surface area contributed by atoms with Crippen LogP contribution in [0.25, 0.3) is 0 Å². The van der Waals surface area contributed by atoms with Gasteiger partial charge in [0.05, 0.1) is 5.38 Å². The van der Waals surface area contributed by atoms with Crippen LogP contribution in [0.15, 0.2) is 36.4 Å². The second-order valence-corrected chi connectivity index (χ2v) is 6.08. The lowest BCUT2D eigenvalue weighted by atomic mass is 9.94. The van der Waals surface area contributed by atoms with Gasteiger partial charge < -0.3 is 5.32 Å². The molecule has 21 heavy (non-hydrogen) atoms. The molecule has 0 radical (unpaired) electrons. The average Bonchev–Trinajstić information content (AvgIpc) is 2.49. The molecule has 0 bridgehead atoms. The summed E-state index contributed by atoms with van der Waals surface area (Å²) < 4.78 is 0. The molecule has 0 aromatic heterocycles. The minimum absolute atomic E-state index is 0.0303. The molecule has 0 aliphatic carbocycles. The van der Waals surface area contributed by atoms with Gasteiger partial charge in [0.15, 0.2) is 0 Å². The van der Waals surface area contributed by atoms with Crippen molar-refractivity contribution < 1.29 is 4.79 Å². The van der Waals surface area contributed by atoms with Crippen LogP contribution in [0, 0.1) is 6.92 Å². The Bertz CT molecular complexity index is 712. The summed E-state index contributed by atoms with van der Waals surface area (Å²) in [4.78, 5) is 11.9. The fourth-order valence-electron chi connectivity index (χ4n) is 2.63. The van der Waals surface area contributed by atoms with E-state index in [0.29, 0.717) is 17.1 Å². The Balaban J connectivity index is 2.02. The molecule has 108 valence electrons. The Hall–Kier alpha value is -1.51. The van der Waals surface area contributed by atoms with Crippen LogP contribution in [0.5, 0.6) is 0 Å². The number of aryl methyl sites for hydroxylation is 1. The second kappa shape index (κ2) is 5.70. The highest BCUT2D eigenvalue weighted by atomic mass is 35.5. The van der Waals surface area contributed by atoms with Crippen molar-refractivity contribution in [3.05, 3.63) is 69.2 Å². The van der Waals surface area contributed by atoms with Crippen LogP contribution in [0.3, 0.4) is 0 Å². The summed E-state index contributed by atoms with van der Waals surface area (Å²) in [5.74, 6) is -0.0303. The van der Waals surface area contributed by atoms with Gasteiger partial charge in [0.1, 0.15) is 0 Å². The molecule has 1 heterocycles. The first kappa shape index (κ1) is 14.4. The maximum absolute atomic E-state index is 11.9. The molecule has 2 aromatic carbocycles. The predicted octanol–water partition coefficient (Wildman–Crippen LogP) is 4.26. The highest BCUT2D eigenvalue weighted by Crippen LogP contribution is 2.36. The number of halogens is 2. The van der Waals surface area contributed by atoms with Crippen molar-refractivity contribution in [1.29, 1.82) is 0 Å². The van der Waals surface area contributed by atoms with E-state index < -0.39 is 0 Å². The molecule has 1 aliphatic heterocycles. The SMILES string of the molecule is Cc1cccc(C(Cl)c2ccc3c(c2)C(=O)NCC3)c1Cl. The van der Waals surface area contributed by atoms with E-state index in [4.69, 9.17) is 23.2 Å². The van der Waals surface area contributed by atoms with Gasteiger partial charge in [-0.15, -0.1) is 11.6 Å². The maximum Gasteiger partial charge on any atom is 0.251 e. The smallest absolute Gasteiger partial charge is 0.251 e. The summed E-state index contributed by atoms with van der Waals surface area (Å²) in [6.45, 7) is 2.65. The van der Waals surface area contributed by atoms with Crippen molar-refractivity contribution in [3.63, 3.8) is 0 Å². The van der Waals surface area contributed by atoms with Gasteiger partial charge in [-0.2, -0.15) is 0 Å². The topological polar surface area (TPSA) is 29.1 Å². The molecule has 0 saturated heterocycles. The lowest BCUT2D eigenvalue weighted by Gasteiger charge is -2.19. The molecule has 1 aliphatic rings. The molecule has 2 nitrogen and oxygen atoms in total. The number of benzene rings is 2. The molecule has 0 saturated carbocycles. The summed E-state index contributed by atoms with van der Waals surface area (Å²) in [7, 11) is 0. The number of carbonyl (C=O) groups is 1. The number of nitrogens with one attached hydrogen (secondary N) is 1. The van der Waals surface area contributed by atoms with Gasteiger partial charge in [0, 0.05) is 17.1 Å². The van der Waals surface area contributed by atoms with E-state index in [0.717, 1.165) is 28.7 Å². The van der Waals surface area contributed by atoms with Crippen LogP contribution >= 0.6 is 23.2 Å². The molecule has 3 rings (SSSR count). The number of alkyl halides is 1. The minimum Gasteiger partial charge on any atom is -0.352 e. The van der Waals surface area contributed by atoms with E-state index in [1.54, 1.807) is 0 Å². The Morgan fingerprint density at radius 3 is 2.86 bits per heavy atom. The fourth-order valence-corrected chi connectivity index (χ4v) is 3.24. The maximum atomic E-state index is 11.9. The van der Waals surface area contributed by atoms with Crippen molar-refractivity contribution >= 4 is 29.1 Å². The molecule has 1 unspecified atom stereocenters. The van der Waals surface area contributed by atoms with E-state index in [-0.39, 0.29) is 11.3 Å². The van der Waals surface area contributed by atoms with E-state index in [9.17, 15) is 4.79 Å². The molecular formula is C17H15Cl2NO. The zero-order valence-electron chi connectivity index (χ0n) is 11.6. The molecule has 1 amide bonds. The van der Waals surface area contributed by atoms with Crippen molar-refractivity contribution in [2.45, 2.75) is 18.7 Å². The minimum atomic E-state index is -0.363. The zero-order valence-corrected chi connectivity index (χ0v) is 13.1. The van der Waals surface area contributed by atoms with Crippen LogP contribution in [0.1, 0.15) is 38.0 Å². The summed E-state index contributed by atoms with van der Waals surface area (Å²) in [6.07, 6.45) is 0.861. The normalized spacial score (nSPS) is 15.3. The van der Waals surface area contributed by atoms with E-state index in [1.807, 2.05) is 43.3 Å². The lowest BCUT2D eigenvalue weighted by molar-refractivity contribution is 0.0946. The third-order valence-corrected chi connectivity index (χ3v) is 4.85. The van der Waals surface area contributed by atoms with Crippen molar-refractivity contribution in [2.24, 2.45) is 0 Å². The molecular weight excluding hydrogens is 305 g/mol. The quantitative estimate of drug-likeness (QED) is 0.823. The van der Waals surface area contributed by atoms with Crippen molar-refractivity contribution in [2.75, 3.05) is 6.54 Å². The second-order valence-electron chi connectivity index (χ2n) is 5.26. The van der Waals surface area contributed by atoms with Gasteiger partial charge in [0.25, 0.3) is 5.91 Å². The van der Waals surface area contributed by atoms with Gasteiger partial charge in [-0.1, -0.05) is 41.9 Å². The van der Waals surface area contributed by atoms with Crippen LogP contribution in [0.2, 0.25) is 5.02 Å². The van der Waals surface area contributed by atoms with Gasteiger partial charge in [-0.05, 0) is 41.7 Å². The van der Waals surface area contributed by atoms with Gasteiger partial charge in [-0.25, -0.2) is 0 Å². The first-order chi connectivity index (χ1) is 10.1. The number of carbonyl (C=O) groups excluding carboxylic acids is 1. The largest absolute Gasteiger partial charge is 0.352 e. The molecule has 4 heteroatoms. The zero-order chi connectivity index (χ0) is 15.0. The molecule has 1 N–H and O–H groups in total. The summed E-state index contributed by atoms with van der Waals surface area (Å²) in [5.41, 5.74) is 4.54. The van der Waals surface area contributed by atoms with Crippen LogP contribution in [-0.2, 0) is 6.42 Å². The lowest BCUT2D eigenvalue weighted by Crippen LogP contribution is -2.31. The number of hydrogen-bond donors (Lipinski definition) is 1. The number of hydrogen-bond acceptors (Lipinski definition) is 1. The Morgan fingerprint density at radius 1 is 1.24 bits per heavy atom. The summed E-state index contributed by atoms with van der Waals surface area (Å²) in [6, 6.07) is 11.7. The number of amides is 1. The van der Waals surface area contributed by atoms with Crippen molar-refractivity contribution in [1.82, 2.24) is 5.32 Å². The summed E-state index contributed by atoms with van der Waals surface area (Å²) in [5, 5.41) is 3.17. The van der Waals surface area contributed by atoms with Crippen molar-refractivity contribution in [3.8, 4) is 0 Å². The molecule has 0 fully saturated rings. The Kier molecular flexibility index (Phi) is 3.92. The summed E-state index contributed by atoms with van der Waals surface area (Å²) >= 11 is 12.9. The average molecular weight is 320 g/mol. The monoisotopic (exact) mass is 319 g/mol. The van der Waals surface area contributed by atoms with E-state index in [1.165, 1.54) is 0 Å². The highest BCUT2D eigenvalue weighted by Gasteiger charge is 2.21. The third kappa shape index (κ3) is 2.66. The van der Waals surface area contributed by atoms with E-state index in [2.05, 4.69) is 5.32 Å². The molecule has 0 spiro atoms. The number of rotatable bonds is 2. The standard InChI is InChI=1S/C17H15Cl2NO/c1-10-3-2-4-13(15(10)18)16(19)12-6-5-11-7-8-20-17(21)14(11)9-12/h2-6,9,16H,7-8H2,1H3,(H,20,21). The van der Waals surface area contributed by atoms with Crippen LogP contribution < -0.4 is 5.32 Å². The van der Waals surface area contributed by atoms with E-state index >= 15 is 0 Å². The van der Waals surface area contributed by atoms with Crippen LogP contribution in [-0.4, -0.2) is 12.5 Å². The molecule has 1 atom stereocenters. The number of fused-ring (bicyclic) bond motifs is 1. The highest BCUT2D eigenvalue weighted by molar-refractivity contribution is 6.33. The third-order valence-electron chi connectivity index (χ3n) is 3.85. The Morgan fingerprint density at radius 2 is 2.05 bits per heavy atom. The van der Waals surface area contributed by atoms with Gasteiger partial charge in [-0.3, -0.25) is 4.79 Å². The van der Waals surface area contributed by atoms with Gasteiger partial charge >= 0.3 is 0 Å². The first-order valence-corrected chi connectivity index (χ1v) is 7.69. The predicted molar refractivity (Wildman–Crippen MR) is 86.4 cm³/mol. The fraction of sp³-hybridized carbons (Fsp3) is 0.235.